The van der Waals surface area contributed by atoms with Crippen molar-refractivity contribution in [2.24, 2.45) is 4.99 Å². The second kappa shape index (κ2) is 4.74. The summed E-state index contributed by atoms with van der Waals surface area (Å²) in [7, 11) is 2.64. The van der Waals surface area contributed by atoms with Crippen molar-refractivity contribution in [1.29, 1.82) is 0 Å². The van der Waals surface area contributed by atoms with Gasteiger partial charge in [0.2, 0.25) is 6.08 Å². The molecular formula is C13H13NO5. The topological polar surface area (TPSA) is 85.2 Å². The number of rotatable bonds is 4. The molecule has 0 amide bonds. The van der Waals surface area contributed by atoms with E-state index in [4.69, 9.17) is 4.74 Å². The second-order valence-electron chi connectivity index (χ2n) is 4.30. The minimum Gasteiger partial charge on any atom is -0.507 e. The van der Waals surface area contributed by atoms with Crippen LogP contribution in [0.2, 0.25) is 0 Å². The van der Waals surface area contributed by atoms with Gasteiger partial charge in [0, 0.05) is 11.6 Å². The quantitative estimate of drug-likeness (QED) is 0.505. The Kier molecular flexibility index (Phi) is 3.27. The molecule has 6 heteroatoms. The van der Waals surface area contributed by atoms with E-state index in [0.717, 1.165) is 0 Å². The Morgan fingerprint density at radius 3 is 2.58 bits per heavy atom. The Labute approximate surface area is 109 Å². The Bertz CT molecular complexity index is 571. The molecule has 0 aliphatic heterocycles. The van der Waals surface area contributed by atoms with E-state index in [-0.39, 0.29) is 17.1 Å². The summed E-state index contributed by atoms with van der Waals surface area (Å²) in [5.74, 6) is -0.441. The fourth-order valence-electron chi connectivity index (χ4n) is 2.03. The summed E-state index contributed by atoms with van der Waals surface area (Å²) in [6, 6.07) is 2.77. The molecule has 6 nitrogen and oxygen atoms in total. The van der Waals surface area contributed by atoms with Crippen LogP contribution in [0.15, 0.2) is 17.1 Å². The highest BCUT2D eigenvalue weighted by atomic mass is 16.5. The summed E-state index contributed by atoms with van der Waals surface area (Å²) in [6.07, 6.45) is 2.76. The highest BCUT2D eigenvalue weighted by Gasteiger charge is 2.47. The number of hydrogen-bond acceptors (Lipinski definition) is 6. The molecule has 19 heavy (non-hydrogen) atoms. The van der Waals surface area contributed by atoms with Gasteiger partial charge in [-0.3, -0.25) is 0 Å². The van der Waals surface area contributed by atoms with Crippen molar-refractivity contribution in [2.75, 3.05) is 14.2 Å². The average Bonchev–Trinajstić information content (AvgIpc) is 3.18. The Morgan fingerprint density at radius 1 is 1.42 bits per heavy atom. The fraction of sp³-hybridized carbons (Fsp3) is 0.385. The van der Waals surface area contributed by atoms with Gasteiger partial charge in [0.05, 0.1) is 14.2 Å². The van der Waals surface area contributed by atoms with Crippen molar-refractivity contribution in [3.63, 3.8) is 0 Å². The predicted octanol–water partition coefficient (Wildman–Crippen LogP) is 1.51. The van der Waals surface area contributed by atoms with Crippen LogP contribution < -0.4 is 4.74 Å². The lowest BCUT2D eigenvalue weighted by Gasteiger charge is -2.14. The van der Waals surface area contributed by atoms with Gasteiger partial charge in [-0.05, 0) is 18.9 Å². The standard InChI is InChI=1S/C13H13NO5/c1-18-11-6-10(16)9(5-8(11)12(17)19-2)13(3-4-13)14-7-15/h5-6,16H,3-4H2,1-2H3. The van der Waals surface area contributed by atoms with Crippen LogP contribution in [0, 0.1) is 0 Å². The van der Waals surface area contributed by atoms with Crippen LogP contribution in [0.5, 0.6) is 11.5 Å². The van der Waals surface area contributed by atoms with E-state index >= 15 is 0 Å². The molecule has 2 rings (SSSR count). The van der Waals surface area contributed by atoms with E-state index in [1.165, 1.54) is 32.4 Å². The number of carbonyl (C=O) groups excluding carboxylic acids is 2. The number of ether oxygens (including phenoxy) is 2. The van der Waals surface area contributed by atoms with Crippen LogP contribution >= 0.6 is 0 Å². The minimum absolute atomic E-state index is 0.0685. The zero-order valence-corrected chi connectivity index (χ0v) is 10.6. The normalized spacial score (nSPS) is 15.3. The number of hydrogen-bond donors (Lipinski definition) is 1. The monoisotopic (exact) mass is 263 g/mol. The molecule has 0 saturated heterocycles. The van der Waals surface area contributed by atoms with Crippen LogP contribution in [0.1, 0.15) is 28.8 Å². The third-order valence-corrected chi connectivity index (χ3v) is 3.21. The van der Waals surface area contributed by atoms with Crippen LogP contribution in [-0.2, 0) is 15.1 Å². The first-order chi connectivity index (χ1) is 9.07. The van der Waals surface area contributed by atoms with Crippen LogP contribution in [-0.4, -0.2) is 31.4 Å². The molecule has 0 unspecified atom stereocenters. The molecule has 0 atom stereocenters. The number of benzene rings is 1. The summed E-state index contributed by atoms with van der Waals surface area (Å²) in [5.41, 5.74) is -0.164. The lowest BCUT2D eigenvalue weighted by atomic mass is 10.0. The minimum atomic E-state index is -0.763. The van der Waals surface area contributed by atoms with E-state index < -0.39 is 11.5 Å². The van der Waals surface area contributed by atoms with Gasteiger partial charge in [-0.15, -0.1) is 0 Å². The molecule has 1 aliphatic carbocycles. The lowest BCUT2D eigenvalue weighted by Crippen LogP contribution is -2.09. The number of esters is 1. The predicted molar refractivity (Wildman–Crippen MR) is 65.0 cm³/mol. The van der Waals surface area contributed by atoms with Crippen molar-refractivity contribution in [1.82, 2.24) is 0 Å². The number of aliphatic imine (C=N–C) groups is 1. The van der Waals surface area contributed by atoms with E-state index in [2.05, 4.69) is 9.73 Å². The van der Waals surface area contributed by atoms with Gasteiger partial charge in [-0.25, -0.2) is 9.59 Å². The van der Waals surface area contributed by atoms with E-state index in [1.54, 1.807) is 0 Å². The third kappa shape index (κ3) is 2.18. The van der Waals surface area contributed by atoms with Crippen molar-refractivity contribution in [3.05, 3.63) is 23.3 Å². The van der Waals surface area contributed by atoms with E-state index in [9.17, 15) is 14.7 Å². The Morgan fingerprint density at radius 2 is 2.11 bits per heavy atom. The number of phenols is 1. The van der Waals surface area contributed by atoms with Crippen molar-refractivity contribution in [3.8, 4) is 11.5 Å². The highest BCUT2D eigenvalue weighted by molar-refractivity contribution is 5.93. The van der Waals surface area contributed by atoms with Crippen LogP contribution in [0.25, 0.3) is 0 Å². The second-order valence-corrected chi connectivity index (χ2v) is 4.30. The van der Waals surface area contributed by atoms with Gasteiger partial charge in [0.1, 0.15) is 22.6 Å². The van der Waals surface area contributed by atoms with Gasteiger partial charge in [-0.2, -0.15) is 4.99 Å². The van der Waals surface area contributed by atoms with Crippen molar-refractivity contribution < 1.29 is 24.2 Å². The summed E-state index contributed by atoms with van der Waals surface area (Å²) in [4.78, 5) is 25.8. The fourth-order valence-corrected chi connectivity index (χ4v) is 2.03. The number of carbonyl (C=O) groups is 1. The number of nitrogens with zero attached hydrogens (tertiary/aromatic N) is 1. The lowest BCUT2D eigenvalue weighted by molar-refractivity contribution is 0.0597. The van der Waals surface area contributed by atoms with E-state index in [1.807, 2.05) is 0 Å². The molecule has 0 spiro atoms. The average molecular weight is 263 g/mol. The number of isocyanates is 1. The molecule has 100 valence electrons. The molecule has 1 aromatic carbocycles. The van der Waals surface area contributed by atoms with Crippen LogP contribution in [0.4, 0.5) is 0 Å². The molecular weight excluding hydrogens is 250 g/mol. The Balaban J connectivity index is 2.57. The molecule has 1 N–H and O–H groups in total. The maximum atomic E-state index is 11.7. The summed E-state index contributed by atoms with van der Waals surface area (Å²) < 4.78 is 9.69. The smallest absolute Gasteiger partial charge is 0.341 e. The molecule has 0 heterocycles. The Hall–Kier alpha value is -2.33. The molecule has 1 aliphatic rings. The largest absolute Gasteiger partial charge is 0.507 e. The van der Waals surface area contributed by atoms with E-state index in [0.29, 0.717) is 18.4 Å². The maximum absolute atomic E-state index is 11.7. The van der Waals surface area contributed by atoms with Gasteiger partial charge in [-0.1, -0.05) is 0 Å². The molecule has 1 fully saturated rings. The molecule has 0 radical (unpaired) electrons. The summed E-state index contributed by atoms with van der Waals surface area (Å²) in [6.45, 7) is 0. The number of methoxy groups -OCH3 is 2. The number of aromatic hydroxyl groups is 1. The summed E-state index contributed by atoms with van der Waals surface area (Å²) >= 11 is 0. The zero-order valence-electron chi connectivity index (χ0n) is 10.6. The zero-order chi connectivity index (χ0) is 14.0. The first-order valence-corrected chi connectivity index (χ1v) is 5.67. The molecule has 0 aromatic heterocycles. The first-order valence-electron chi connectivity index (χ1n) is 5.67. The van der Waals surface area contributed by atoms with Crippen molar-refractivity contribution in [2.45, 2.75) is 18.4 Å². The first kappa shape index (κ1) is 13.1. The SMILES string of the molecule is COC(=O)c1cc(C2(N=C=O)CC2)c(O)cc1OC. The molecule has 0 bridgehead atoms. The highest BCUT2D eigenvalue weighted by Crippen LogP contribution is 2.53. The van der Waals surface area contributed by atoms with Gasteiger partial charge in [0.25, 0.3) is 0 Å². The third-order valence-electron chi connectivity index (χ3n) is 3.21. The number of phenolic OH excluding ortho intramolecular Hbond substituents is 1. The summed E-state index contributed by atoms with van der Waals surface area (Å²) in [5, 5.41) is 9.98. The molecule has 1 aromatic rings. The van der Waals surface area contributed by atoms with Gasteiger partial charge in [0.15, 0.2) is 0 Å². The maximum Gasteiger partial charge on any atom is 0.341 e. The van der Waals surface area contributed by atoms with Crippen LogP contribution in [0.3, 0.4) is 0 Å². The molecule has 1 saturated carbocycles. The van der Waals surface area contributed by atoms with Gasteiger partial charge >= 0.3 is 5.97 Å². The van der Waals surface area contributed by atoms with Gasteiger partial charge < -0.3 is 14.6 Å². The van der Waals surface area contributed by atoms with Crippen molar-refractivity contribution >= 4 is 12.0 Å².